The molecule has 5 aromatic heterocycles. The van der Waals surface area contributed by atoms with Crippen LogP contribution < -0.4 is 32.0 Å². The molecule has 12 rings (SSSR count). The minimum atomic E-state index is -0.535. The number of rotatable bonds is 18. The Morgan fingerprint density at radius 3 is 1.45 bits per heavy atom. The summed E-state index contributed by atoms with van der Waals surface area (Å²) in [5, 5.41) is 72.0. The lowest BCUT2D eigenvalue weighted by molar-refractivity contribution is -0.145. The van der Waals surface area contributed by atoms with Gasteiger partial charge in [0.05, 0.1) is 51.2 Å². The lowest BCUT2D eigenvalue weighted by atomic mass is 9.91. The maximum Gasteiger partial charge on any atom is 0.336 e. The fraction of sp³-hybridized carbons (Fsp3) is 0.271. The van der Waals surface area contributed by atoms with E-state index in [1.165, 1.54) is 78.9 Å². The molecule has 7 N–H and O–H groups in total. The van der Waals surface area contributed by atoms with E-state index in [2.05, 4.69) is 30.7 Å². The van der Waals surface area contributed by atoms with Crippen molar-refractivity contribution in [3.8, 4) is 34.5 Å². The minimum Gasteiger partial charge on any atom is -0.508 e. The summed E-state index contributed by atoms with van der Waals surface area (Å²) < 4.78 is 54.7. The Bertz CT molecular complexity index is 4560. The number of aromatic hydroxyl groups is 4. The summed E-state index contributed by atoms with van der Waals surface area (Å²) in [7, 11) is 0. The molecular formula is C70H68BrCl2FN2O21. The number of nitrogens with zero attached hydrogens (tertiary/aromatic N) is 2. The highest BCUT2D eigenvalue weighted by Gasteiger charge is 2.25. The molecule has 0 saturated carbocycles. The molecule has 1 fully saturated rings. The van der Waals surface area contributed by atoms with Gasteiger partial charge in [0.15, 0.2) is 11.4 Å². The summed E-state index contributed by atoms with van der Waals surface area (Å²) in [6.45, 7) is 5.35. The number of Topliss-reactive ketones (excluding diaryl/α,β-unsaturated/α-hetero) is 1. The first-order valence-electron chi connectivity index (χ1n) is 30.1. The van der Waals surface area contributed by atoms with E-state index in [0.29, 0.717) is 92.6 Å². The van der Waals surface area contributed by atoms with E-state index in [1.54, 1.807) is 61.5 Å². The third-order valence-corrected chi connectivity index (χ3v) is 15.5. The lowest BCUT2D eigenvalue weighted by Gasteiger charge is -2.31. The van der Waals surface area contributed by atoms with Crippen molar-refractivity contribution in [3.05, 3.63) is 215 Å². The first-order valence-corrected chi connectivity index (χ1v) is 32.3. The lowest BCUT2D eigenvalue weighted by Crippen LogP contribution is -2.34. The number of phenolic OH excluding ortho intramolecular Hbond substituents is 4. The van der Waals surface area contributed by atoms with Crippen molar-refractivity contribution in [2.24, 2.45) is 0 Å². The summed E-state index contributed by atoms with van der Waals surface area (Å²) in [6.07, 6.45) is 3.53. The number of carbonyl (C=O) groups excluding carboxylic acids is 2. The van der Waals surface area contributed by atoms with E-state index in [1.807, 2.05) is 6.07 Å². The Morgan fingerprint density at radius 2 is 1.01 bits per heavy atom. The molecular weight excluding hydrogens is 1370 g/mol. The Morgan fingerprint density at radius 1 is 0.567 bits per heavy atom. The van der Waals surface area contributed by atoms with Crippen molar-refractivity contribution < 1.29 is 86.1 Å². The highest BCUT2D eigenvalue weighted by atomic mass is 79.9. The number of hydrogen-bond donors (Lipinski definition) is 7. The van der Waals surface area contributed by atoms with Crippen LogP contribution in [0.4, 0.5) is 4.39 Å². The first-order chi connectivity index (χ1) is 46.7. The number of ketones is 1. The quantitative estimate of drug-likeness (QED) is 0.0138. The predicted octanol–water partition coefficient (Wildman–Crippen LogP) is 11.7. The Hall–Kier alpha value is -9.60. The zero-order chi connectivity index (χ0) is 70.0. The third-order valence-electron chi connectivity index (χ3n) is 14.4. The van der Waals surface area contributed by atoms with Gasteiger partial charge in [-0.15, -0.1) is 23.2 Å². The molecule has 0 radical (unpaired) electrons. The Kier molecular flexibility index (Phi) is 29.0. The maximum atomic E-state index is 13.4. The van der Waals surface area contributed by atoms with Gasteiger partial charge in [-0.05, 0) is 141 Å². The van der Waals surface area contributed by atoms with Gasteiger partial charge in [-0.1, -0.05) is 27.2 Å². The molecule has 0 unspecified atom stereocenters. The number of carbonyl (C=O) groups is 2. The van der Waals surface area contributed by atoms with Gasteiger partial charge in [-0.25, -0.2) is 23.6 Å². The molecule has 1 aliphatic heterocycles. The Balaban J connectivity index is 0.000000177. The maximum absolute atomic E-state index is 13.4. The van der Waals surface area contributed by atoms with Crippen LogP contribution in [0.25, 0.3) is 54.8 Å². The van der Waals surface area contributed by atoms with Crippen LogP contribution in [0, 0.1) is 5.82 Å². The van der Waals surface area contributed by atoms with Crippen molar-refractivity contribution in [1.82, 2.24) is 10.1 Å². The molecule has 23 nitrogen and oxygen atoms in total. The summed E-state index contributed by atoms with van der Waals surface area (Å²) in [5.41, 5.74) is 3.27. The zero-order valence-electron chi connectivity index (χ0n) is 52.1. The summed E-state index contributed by atoms with van der Waals surface area (Å²) in [4.78, 5) is 68.4. The van der Waals surface area contributed by atoms with Gasteiger partial charge in [0, 0.05) is 111 Å². The summed E-state index contributed by atoms with van der Waals surface area (Å²) in [5.74, 6) is 0.860. The summed E-state index contributed by atoms with van der Waals surface area (Å²) >= 11 is 14.1. The van der Waals surface area contributed by atoms with Crippen LogP contribution in [-0.4, -0.2) is 108 Å². The van der Waals surface area contributed by atoms with E-state index in [0.717, 1.165) is 72.5 Å². The highest BCUT2D eigenvalue weighted by Crippen LogP contribution is 2.33. The van der Waals surface area contributed by atoms with Gasteiger partial charge in [0.1, 0.15) is 69.1 Å². The van der Waals surface area contributed by atoms with E-state index in [9.17, 15) is 48.5 Å². The number of aromatic nitrogens is 1. The van der Waals surface area contributed by atoms with Crippen LogP contribution in [0.2, 0.25) is 0 Å². The van der Waals surface area contributed by atoms with Gasteiger partial charge < -0.3 is 77.0 Å². The largest absolute Gasteiger partial charge is 0.508 e. The molecule has 1 aliphatic rings. The van der Waals surface area contributed by atoms with Crippen molar-refractivity contribution >= 4 is 106 Å². The first kappa shape index (κ1) is 74.8. The molecule has 27 heteroatoms. The molecule has 97 heavy (non-hydrogen) atoms. The second-order valence-electron chi connectivity index (χ2n) is 21.2. The fourth-order valence-electron chi connectivity index (χ4n) is 9.83. The summed E-state index contributed by atoms with van der Waals surface area (Å²) in [6, 6.07) is 35.2. The van der Waals surface area contributed by atoms with Crippen LogP contribution in [-0.2, 0) is 40.0 Å². The van der Waals surface area contributed by atoms with E-state index in [4.69, 9.17) is 75.3 Å². The zero-order valence-corrected chi connectivity index (χ0v) is 55.2. The average molecular weight is 1440 g/mol. The Labute approximate surface area is 569 Å². The highest BCUT2D eigenvalue weighted by molar-refractivity contribution is 9.09. The average Bonchev–Trinajstić information content (AvgIpc) is 1.76. The van der Waals surface area contributed by atoms with Gasteiger partial charge in [-0.3, -0.25) is 9.59 Å². The van der Waals surface area contributed by atoms with Crippen molar-refractivity contribution in [2.45, 2.75) is 70.6 Å². The number of aliphatic hydroxyl groups is 3. The smallest absolute Gasteiger partial charge is 0.336 e. The molecule has 6 heterocycles. The standard InChI is InChI=1S/C25H25FN2O5.C13H13BrO4.C10H7ClO3.C10H8O4.C6H9ClO3.C6H6O2/c26-18-2-4-21-23(13-18)33-27-25(21)16-6-9-28(10-7-16)8-1-11-31-19-3-5-20-17(15-29)12-24(30)32-22(20)14-19;14-4-1-5-17-10-2-3-11-9(8-15)6-13(16)18-12(11)7-10;2*11-5-6-3-10(13)14-9-4-7(12)1-2-8(6)9;1-2-10-6(9)3-5(8)4-7;7-5-2-1-3-6(8)4-5/h2-5,12-14,16,29H,1,6-11,15H2;2-3,6-7,15H,1,4-5,8H2;1-4,12H,5H2;1-4,11-12H,5H2;2-4H2,1H3;1-4,7-8H. The fourth-order valence-corrected chi connectivity index (χ4v) is 10.4. The topological polar surface area (TPSA) is 354 Å². The van der Waals surface area contributed by atoms with E-state index < -0.39 is 28.5 Å². The molecule has 6 aromatic carbocycles. The number of phenols is 4. The predicted molar refractivity (Wildman–Crippen MR) is 364 cm³/mol. The number of fused-ring (bicyclic) bond motifs is 5. The molecule has 1 saturated heterocycles. The number of alkyl halides is 3. The molecule has 0 atom stereocenters. The second-order valence-corrected chi connectivity index (χ2v) is 22.6. The van der Waals surface area contributed by atoms with Crippen LogP contribution in [0.15, 0.2) is 181 Å². The molecule has 11 aromatic rings. The van der Waals surface area contributed by atoms with E-state index in [-0.39, 0.29) is 78.2 Å². The van der Waals surface area contributed by atoms with E-state index >= 15 is 0 Å². The number of hydrogen-bond acceptors (Lipinski definition) is 23. The number of halogens is 4. The molecule has 512 valence electrons. The van der Waals surface area contributed by atoms with Gasteiger partial charge in [0.25, 0.3) is 0 Å². The second kappa shape index (κ2) is 37.6. The van der Waals surface area contributed by atoms with Gasteiger partial charge in [-0.2, -0.15) is 0 Å². The molecule has 0 amide bonds. The number of ether oxygens (including phenoxy) is 3. The molecule has 0 bridgehead atoms. The van der Waals surface area contributed by atoms with Gasteiger partial charge >= 0.3 is 28.5 Å². The van der Waals surface area contributed by atoms with Crippen LogP contribution in [0.5, 0.6) is 34.5 Å². The van der Waals surface area contributed by atoms with Crippen molar-refractivity contribution in [3.63, 3.8) is 0 Å². The number of likely N-dealkylation sites (tertiary alicyclic amines) is 1. The number of esters is 1. The number of benzene rings is 6. The molecule has 0 aliphatic carbocycles. The van der Waals surface area contributed by atoms with Gasteiger partial charge in [0.2, 0.25) is 0 Å². The number of piperidine rings is 1. The monoisotopic (exact) mass is 1440 g/mol. The SMILES string of the molecule is CCOC(=O)CC(=O)CCl.O=c1cc(CCl)c2ccc(O)cc2o1.O=c1cc(CO)c2ccc(O)cc2o1.O=c1cc(CO)c2ccc(OCCCBr)cc2o1.O=c1cc(CO)c2ccc(OCCCN3CCC(c4noc5cc(F)ccc45)CC3)cc2o1.Oc1cccc(O)c1. The van der Waals surface area contributed by atoms with Crippen LogP contribution in [0.1, 0.15) is 72.9 Å². The number of aliphatic hydroxyl groups excluding tert-OH is 3. The van der Waals surface area contributed by atoms with Crippen molar-refractivity contribution in [2.75, 3.05) is 50.7 Å². The normalized spacial score (nSPS) is 12.0. The van der Waals surface area contributed by atoms with Crippen LogP contribution >= 0.6 is 39.1 Å². The van der Waals surface area contributed by atoms with Crippen LogP contribution in [0.3, 0.4) is 0 Å². The van der Waals surface area contributed by atoms with Crippen molar-refractivity contribution in [1.29, 1.82) is 0 Å². The third kappa shape index (κ3) is 22.5. The minimum absolute atomic E-state index is 0.0238. The molecule has 0 spiro atoms.